The maximum Gasteiger partial charge on any atom is 0.336 e. The predicted molar refractivity (Wildman–Crippen MR) is 58.4 cm³/mol. The first kappa shape index (κ1) is 10.7. The van der Waals surface area contributed by atoms with Crippen LogP contribution in [0.3, 0.4) is 0 Å². The van der Waals surface area contributed by atoms with Crippen molar-refractivity contribution < 1.29 is 14.7 Å². The molecule has 4 heteroatoms. The molecule has 1 aromatic carbocycles. The quantitative estimate of drug-likeness (QED) is 0.842. The number of carbonyl (C=O) groups excluding carboxylic acids is 1. The minimum Gasteiger partial charge on any atom is -0.478 e. The van der Waals surface area contributed by atoms with Gasteiger partial charge in [-0.3, -0.25) is 4.79 Å². The van der Waals surface area contributed by atoms with E-state index in [-0.39, 0.29) is 11.5 Å². The van der Waals surface area contributed by atoms with Gasteiger partial charge in [0.05, 0.1) is 11.1 Å². The van der Waals surface area contributed by atoms with E-state index in [9.17, 15) is 9.59 Å². The smallest absolute Gasteiger partial charge is 0.336 e. The monoisotopic (exact) mass is 219 g/mol. The SMILES string of the molecule is CCCN1Cc2cccc(C(=O)O)c2C1=O. The van der Waals surface area contributed by atoms with Gasteiger partial charge in [-0.1, -0.05) is 19.1 Å². The zero-order valence-electron chi connectivity index (χ0n) is 9.06. The molecule has 0 atom stereocenters. The number of rotatable bonds is 3. The largest absolute Gasteiger partial charge is 0.478 e. The third kappa shape index (κ3) is 1.56. The normalized spacial score (nSPS) is 14.1. The van der Waals surface area contributed by atoms with Crippen molar-refractivity contribution >= 4 is 11.9 Å². The molecule has 0 bridgehead atoms. The Morgan fingerprint density at radius 2 is 2.25 bits per heavy atom. The summed E-state index contributed by atoms with van der Waals surface area (Å²) in [5, 5.41) is 9.01. The Hall–Kier alpha value is -1.84. The van der Waals surface area contributed by atoms with Gasteiger partial charge in [0.2, 0.25) is 0 Å². The van der Waals surface area contributed by atoms with E-state index in [4.69, 9.17) is 5.11 Å². The van der Waals surface area contributed by atoms with E-state index in [0.717, 1.165) is 12.0 Å². The standard InChI is InChI=1S/C12H13NO3/c1-2-6-13-7-8-4-3-5-9(12(15)16)10(8)11(13)14/h3-5H,2,6-7H2,1H3,(H,15,16). The molecule has 0 fully saturated rings. The van der Waals surface area contributed by atoms with Crippen LogP contribution in [-0.4, -0.2) is 28.4 Å². The second kappa shape index (κ2) is 3.96. The molecule has 1 aromatic rings. The summed E-state index contributed by atoms with van der Waals surface area (Å²) < 4.78 is 0. The van der Waals surface area contributed by atoms with Crippen LogP contribution < -0.4 is 0 Å². The van der Waals surface area contributed by atoms with E-state index < -0.39 is 5.97 Å². The maximum absolute atomic E-state index is 12.0. The molecule has 0 saturated carbocycles. The molecule has 0 aromatic heterocycles. The first-order chi connectivity index (χ1) is 7.65. The molecular formula is C12H13NO3. The zero-order chi connectivity index (χ0) is 11.7. The molecule has 2 rings (SSSR count). The fourth-order valence-corrected chi connectivity index (χ4v) is 2.05. The fourth-order valence-electron chi connectivity index (χ4n) is 2.05. The van der Waals surface area contributed by atoms with Crippen LogP contribution in [0.4, 0.5) is 0 Å². The number of hydrogen-bond acceptors (Lipinski definition) is 2. The van der Waals surface area contributed by atoms with Gasteiger partial charge in [0, 0.05) is 13.1 Å². The molecule has 84 valence electrons. The van der Waals surface area contributed by atoms with Crippen LogP contribution >= 0.6 is 0 Å². The van der Waals surface area contributed by atoms with Gasteiger partial charge in [-0.15, -0.1) is 0 Å². The number of benzene rings is 1. The Morgan fingerprint density at radius 3 is 2.88 bits per heavy atom. The van der Waals surface area contributed by atoms with Crippen LogP contribution in [0.2, 0.25) is 0 Å². The lowest BCUT2D eigenvalue weighted by Gasteiger charge is -2.13. The number of carboxylic acids is 1. The topological polar surface area (TPSA) is 57.6 Å². The van der Waals surface area contributed by atoms with Crippen LogP contribution in [0.1, 0.15) is 39.6 Å². The molecule has 1 aliphatic rings. The minimum absolute atomic E-state index is 0.112. The van der Waals surface area contributed by atoms with Crippen molar-refractivity contribution in [2.75, 3.05) is 6.54 Å². The van der Waals surface area contributed by atoms with Crippen molar-refractivity contribution in [3.63, 3.8) is 0 Å². The highest BCUT2D eigenvalue weighted by Crippen LogP contribution is 2.26. The van der Waals surface area contributed by atoms with E-state index in [0.29, 0.717) is 18.7 Å². The van der Waals surface area contributed by atoms with E-state index in [1.807, 2.05) is 13.0 Å². The lowest BCUT2D eigenvalue weighted by Crippen LogP contribution is -2.25. The van der Waals surface area contributed by atoms with Gasteiger partial charge >= 0.3 is 5.97 Å². The lowest BCUT2D eigenvalue weighted by atomic mass is 10.0. The van der Waals surface area contributed by atoms with E-state index in [1.54, 1.807) is 11.0 Å². The molecule has 4 nitrogen and oxygen atoms in total. The summed E-state index contributed by atoms with van der Waals surface area (Å²) in [4.78, 5) is 24.7. The molecule has 1 aliphatic heterocycles. The Kier molecular flexibility index (Phi) is 2.64. The summed E-state index contributed by atoms with van der Waals surface area (Å²) in [5.74, 6) is -1.20. The molecular weight excluding hydrogens is 206 g/mol. The van der Waals surface area contributed by atoms with Crippen molar-refractivity contribution in [3.8, 4) is 0 Å². The lowest BCUT2D eigenvalue weighted by molar-refractivity contribution is 0.0682. The number of nitrogens with zero attached hydrogens (tertiary/aromatic N) is 1. The third-order valence-corrected chi connectivity index (χ3v) is 2.74. The Balaban J connectivity index is 2.44. The van der Waals surface area contributed by atoms with E-state index in [2.05, 4.69) is 0 Å². The van der Waals surface area contributed by atoms with Gasteiger partial charge in [0.25, 0.3) is 5.91 Å². The molecule has 0 aliphatic carbocycles. The summed E-state index contributed by atoms with van der Waals surface area (Å²) in [7, 11) is 0. The molecule has 0 radical (unpaired) electrons. The van der Waals surface area contributed by atoms with Crippen molar-refractivity contribution in [1.82, 2.24) is 4.90 Å². The molecule has 0 saturated heterocycles. The van der Waals surface area contributed by atoms with Gasteiger partial charge in [-0.05, 0) is 18.1 Å². The van der Waals surface area contributed by atoms with Crippen molar-refractivity contribution in [3.05, 3.63) is 34.9 Å². The molecule has 1 heterocycles. The summed E-state index contributed by atoms with van der Waals surface area (Å²) in [6.07, 6.45) is 0.877. The second-order valence-electron chi connectivity index (χ2n) is 3.87. The highest BCUT2D eigenvalue weighted by atomic mass is 16.4. The minimum atomic E-state index is -1.04. The average molecular weight is 219 g/mol. The van der Waals surface area contributed by atoms with Crippen molar-refractivity contribution in [1.29, 1.82) is 0 Å². The first-order valence-corrected chi connectivity index (χ1v) is 5.29. The summed E-state index contributed by atoms with van der Waals surface area (Å²) >= 11 is 0. The highest BCUT2D eigenvalue weighted by molar-refractivity contribution is 6.07. The summed E-state index contributed by atoms with van der Waals surface area (Å²) in [5.41, 5.74) is 1.29. The second-order valence-corrected chi connectivity index (χ2v) is 3.87. The van der Waals surface area contributed by atoms with Crippen molar-refractivity contribution in [2.24, 2.45) is 0 Å². The molecule has 0 spiro atoms. The summed E-state index contributed by atoms with van der Waals surface area (Å²) in [6.45, 7) is 3.20. The molecule has 1 amide bonds. The highest BCUT2D eigenvalue weighted by Gasteiger charge is 2.30. The van der Waals surface area contributed by atoms with Gasteiger partial charge < -0.3 is 10.0 Å². The van der Waals surface area contributed by atoms with Crippen LogP contribution in [0, 0.1) is 0 Å². The Bertz CT molecular complexity index is 454. The Labute approximate surface area is 93.5 Å². The van der Waals surface area contributed by atoms with Crippen LogP contribution in [0.25, 0.3) is 0 Å². The molecule has 16 heavy (non-hydrogen) atoms. The van der Waals surface area contributed by atoms with E-state index >= 15 is 0 Å². The fraction of sp³-hybridized carbons (Fsp3) is 0.333. The van der Waals surface area contributed by atoms with E-state index in [1.165, 1.54) is 6.07 Å². The predicted octanol–water partition coefficient (Wildman–Crippen LogP) is 1.75. The molecule has 1 N–H and O–H groups in total. The third-order valence-electron chi connectivity index (χ3n) is 2.74. The number of fused-ring (bicyclic) bond motifs is 1. The first-order valence-electron chi connectivity index (χ1n) is 5.29. The van der Waals surface area contributed by atoms with Crippen LogP contribution in [-0.2, 0) is 6.54 Å². The van der Waals surface area contributed by atoms with Crippen LogP contribution in [0.15, 0.2) is 18.2 Å². The zero-order valence-corrected chi connectivity index (χ0v) is 9.06. The Morgan fingerprint density at radius 1 is 1.50 bits per heavy atom. The van der Waals surface area contributed by atoms with Gasteiger partial charge in [-0.2, -0.15) is 0 Å². The van der Waals surface area contributed by atoms with Crippen LogP contribution in [0.5, 0.6) is 0 Å². The molecule has 0 unspecified atom stereocenters. The number of aromatic carboxylic acids is 1. The van der Waals surface area contributed by atoms with Gasteiger partial charge in [0.15, 0.2) is 0 Å². The number of carbonyl (C=O) groups is 2. The number of amides is 1. The summed E-state index contributed by atoms with van der Waals surface area (Å²) in [6, 6.07) is 4.98. The maximum atomic E-state index is 12.0. The van der Waals surface area contributed by atoms with Gasteiger partial charge in [-0.25, -0.2) is 4.79 Å². The van der Waals surface area contributed by atoms with Gasteiger partial charge in [0.1, 0.15) is 0 Å². The average Bonchev–Trinajstić information content (AvgIpc) is 2.57. The number of carboxylic acid groups (broad SMARTS) is 1. The van der Waals surface area contributed by atoms with Crippen molar-refractivity contribution in [2.45, 2.75) is 19.9 Å². The number of hydrogen-bond donors (Lipinski definition) is 1.